The Bertz CT molecular complexity index is 839. The second-order valence-corrected chi connectivity index (χ2v) is 5.39. The molecule has 112 valence electrons. The van der Waals surface area contributed by atoms with Crippen LogP contribution in [0.2, 0.25) is 10.0 Å². The highest BCUT2D eigenvalue weighted by Gasteiger charge is 2.10. The Morgan fingerprint density at radius 3 is 2.17 bits per heavy atom. The molecule has 0 heterocycles. The lowest BCUT2D eigenvalue weighted by Gasteiger charge is -2.05. The van der Waals surface area contributed by atoms with Crippen molar-refractivity contribution in [2.75, 3.05) is 5.32 Å². The van der Waals surface area contributed by atoms with Crippen LogP contribution in [0.1, 0.15) is 11.1 Å². The molecule has 23 heavy (non-hydrogen) atoms. The molecule has 0 spiro atoms. The first-order chi connectivity index (χ1) is 11.0. The molecule has 0 saturated carbocycles. The number of hydrogen-bond acceptors (Lipinski definition) is 3. The third-order valence-electron chi connectivity index (χ3n) is 2.84. The lowest BCUT2D eigenvalue weighted by molar-refractivity contribution is -0.112. The zero-order valence-corrected chi connectivity index (χ0v) is 13.2. The van der Waals surface area contributed by atoms with E-state index in [4.69, 9.17) is 33.7 Å². The minimum atomic E-state index is -0.574. The van der Waals surface area contributed by atoms with Gasteiger partial charge >= 0.3 is 0 Å². The van der Waals surface area contributed by atoms with Crippen LogP contribution in [0.3, 0.4) is 0 Å². The zero-order valence-electron chi connectivity index (χ0n) is 11.7. The average molecular weight is 342 g/mol. The first-order valence-electron chi connectivity index (χ1n) is 6.41. The van der Waals surface area contributed by atoms with Crippen molar-refractivity contribution in [2.45, 2.75) is 0 Å². The van der Waals surface area contributed by atoms with Crippen LogP contribution in [0.15, 0.2) is 48.0 Å². The summed E-state index contributed by atoms with van der Waals surface area (Å²) in [5, 5.41) is 21.2. The number of amides is 1. The van der Waals surface area contributed by atoms with Gasteiger partial charge in [-0.3, -0.25) is 4.79 Å². The zero-order chi connectivity index (χ0) is 16.8. The smallest absolute Gasteiger partial charge is 0.266 e. The topological polar surface area (TPSA) is 76.7 Å². The average Bonchev–Trinajstić information content (AvgIpc) is 2.52. The number of rotatable bonds is 3. The summed E-state index contributed by atoms with van der Waals surface area (Å²) < 4.78 is 0. The van der Waals surface area contributed by atoms with Gasteiger partial charge in [-0.1, -0.05) is 35.3 Å². The van der Waals surface area contributed by atoms with Gasteiger partial charge in [-0.05, 0) is 42.0 Å². The van der Waals surface area contributed by atoms with Crippen molar-refractivity contribution in [3.63, 3.8) is 0 Å². The van der Waals surface area contributed by atoms with Gasteiger partial charge in [0, 0.05) is 15.7 Å². The summed E-state index contributed by atoms with van der Waals surface area (Å²) >= 11 is 11.7. The molecule has 0 aromatic heterocycles. The first-order valence-corrected chi connectivity index (χ1v) is 7.17. The van der Waals surface area contributed by atoms with Crippen molar-refractivity contribution in [1.29, 1.82) is 10.5 Å². The lowest BCUT2D eigenvalue weighted by Crippen LogP contribution is -2.13. The highest BCUT2D eigenvalue weighted by Crippen LogP contribution is 2.23. The van der Waals surface area contributed by atoms with Crippen molar-refractivity contribution in [1.82, 2.24) is 0 Å². The Morgan fingerprint density at radius 2 is 1.65 bits per heavy atom. The number of carbonyl (C=O) groups is 1. The van der Waals surface area contributed by atoms with Crippen LogP contribution in [-0.4, -0.2) is 5.91 Å². The molecule has 0 bridgehead atoms. The van der Waals surface area contributed by atoms with Gasteiger partial charge in [0.25, 0.3) is 5.91 Å². The second-order valence-electron chi connectivity index (χ2n) is 4.52. The summed E-state index contributed by atoms with van der Waals surface area (Å²) in [6.07, 6.45) is 1.43. The van der Waals surface area contributed by atoms with E-state index in [0.29, 0.717) is 26.9 Å². The van der Waals surface area contributed by atoms with Crippen LogP contribution < -0.4 is 5.32 Å². The highest BCUT2D eigenvalue weighted by molar-refractivity contribution is 6.35. The number of hydrogen-bond donors (Lipinski definition) is 1. The monoisotopic (exact) mass is 341 g/mol. The van der Waals surface area contributed by atoms with E-state index >= 15 is 0 Å². The minimum Gasteiger partial charge on any atom is -0.321 e. The number of halogens is 2. The quantitative estimate of drug-likeness (QED) is 0.663. The summed E-state index contributed by atoms with van der Waals surface area (Å²) in [5.41, 5.74) is 1.46. The molecule has 0 aliphatic heterocycles. The van der Waals surface area contributed by atoms with E-state index in [2.05, 4.69) is 5.32 Å². The van der Waals surface area contributed by atoms with Crippen LogP contribution in [0.25, 0.3) is 6.08 Å². The van der Waals surface area contributed by atoms with Gasteiger partial charge in [0.05, 0.1) is 11.6 Å². The molecule has 0 aliphatic rings. The van der Waals surface area contributed by atoms with Gasteiger partial charge in [0.15, 0.2) is 0 Å². The standard InChI is InChI=1S/C17H9Cl2N3O/c18-14-6-15(19)8-16(7-14)22-17(23)13(10-21)5-11-1-3-12(9-20)4-2-11/h1-8H,(H,22,23)/b13-5+. The Hall–Kier alpha value is -2.79. The number of anilines is 1. The van der Waals surface area contributed by atoms with Gasteiger partial charge in [-0.2, -0.15) is 10.5 Å². The molecular weight excluding hydrogens is 333 g/mol. The summed E-state index contributed by atoms with van der Waals surface area (Å²) in [5.74, 6) is -0.574. The number of nitrogens with zero attached hydrogens (tertiary/aromatic N) is 2. The normalized spacial score (nSPS) is 10.5. The fourth-order valence-corrected chi connectivity index (χ4v) is 2.32. The second kappa shape index (κ2) is 7.47. The Balaban J connectivity index is 2.22. The molecule has 2 rings (SSSR count). The minimum absolute atomic E-state index is 0.0780. The summed E-state index contributed by atoms with van der Waals surface area (Å²) in [6, 6.07) is 15.0. The number of nitrogens with one attached hydrogen (secondary N) is 1. The maximum atomic E-state index is 12.2. The maximum Gasteiger partial charge on any atom is 0.266 e. The lowest BCUT2D eigenvalue weighted by atomic mass is 10.1. The van der Waals surface area contributed by atoms with Crippen molar-refractivity contribution in [3.8, 4) is 12.1 Å². The summed E-state index contributed by atoms with van der Waals surface area (Å²) in [7, 11) is 0. The van der Waals surface area contributed by atoms with Crippen LogP contribution in [0.4, 0.5) is 5.69 Å². The van der Waals surface area contributed by atoms with Crippen molar-refractivity contribution in [2.24, 2.45) is 0 Å². The van der Waals surface area contributed by atoms with Crippen LogP contribution in [-0.2, 0) is 4.79 Å². The van der Waals surface area contributed by atoms with Crippen LogP contribution >= 0.6 is 23.2 Å². The molecule has 4 nitrogen and oxygen atoms in total. The molecule has 0 radical (unpaired) electrons. The molecule has 2 aromatic carbocycles. The van der Waals surface area contributed by atoms with Gasteiger partial charge in [0.2, 0.25) is 0 Å². The maximum absolute atomic E-state index is 12.2. The Labute approximate surface area is 143 Å². The number of nitriles is 2. The molecule has 0 atom stereocenters. The summed E-state index contributed by atoms with van der Waals surface area (Å²) in [4.78, 5) is 12.2. The number of benzene rings is 2. The van der Waals surface area contributed by atoms with Gasteiger partial charge < -0.3 is 5.32 Å². The summed E-state index contributed by atoms with van der Waals surface area (Å²) in [6.45, 7) is 0. The van der Waals surface area contributed by atoms with E-state index in [1.807, 2.05) is 12.1 Å². The van der Waals surface area contributed by atoms with E-state index in [0.717, 1.165) is 0 Å². The third-order valence-corrected chi connectivity index (χ3v) is 3.27. The van der Waals surface area contributed by atoms with E-state index in [-0.39, 0.29) is 5.57 Å². The van der Waals surface area contributed by atoms with E-state index in [9.17, 15) is 4.79 Å². The fraction of sp³-hybridized carbons (Fsp3) is 0. The first kappa shape index (κ1) is 16.6. The predicted molar refractivity (Wildman–Crippen MR) is 89.8 cm³/mol. The van der Waals surface area contributed by atoms with Crippen LogP contribution in [0, 0.1) is 22.7 Å². The van der Waals surface area contributed by atoms with Gasteiger partial charge in [0.1, 0.15) is 11.6 Å². The highest BCUT2D eigenvalue weighted by atomic mass is 35.5. The Kier molecular flexibility index (Phi) is 5.38. The van der Waals surface area contributed by atoms with Crippen LogP contribution in [0.5, 0.6) is 0 Å². The van der Waals surface area contributed by atoms with E-state index in [1.165, 1.54) is 24.3 Å². The molecule has 2 aromatic rings. The third kappa shape index (κ3) is 4.59. The molecule has 0 aliphatic carbocycles. The molecular formula is C17H9Cl2N3O. The molecule has 0 saturated heterocycles. The molecule has 6 heteroatoms. The Morgan fingerprint density at radius 1 is 1.04 bits per heavy atom. The van der Waals surface area contributed by atoms with Crippen molar-refractivity contribution in [3.05, 3.63) is 69.2 Å². The SMILES string of the molecule is N#C/C(=C\c1ccc(C#N)cc1)C(=O)Nc1cc(Cl)cc(Cl)c1. The van der Waals surface area contributed by atoms with E-state index < -0.39 is 5.91 Å². The molecule has 1 N–H and O–H groups in total. The fourth-order valence-electron chi connectivity index (χ4n) is 1.79. The molecule has 0 fully saturated rings. The predicted octanol–water partition coefficient (Wildman–Crippen LogP) is 4.41. The van der Waals surface area contributed by atoms with Gasteiger partial charge in [-0.25, -0.2) is 0 Å². The molecule has 1 amide bonds. The van der Waals surface area contributed by atoms with Crippen molar-refractivity contribution >= 4 is 40.9 Å². The van der Waals surface area contributed by atoms with Crippen molar-refractivity contribution < 1.29 is 4.79 Å². The number of carbonyl (C=O) groups excluding carboxylic acids is 1. The van der Waals surface area contributed by atoms with E-state index in [1.54, 1.807) is 24.3 Å². The van der Waals surface area contributed by atoms with Gasteiger partial charge in [-0.15, -0.1) is 0 Å². The molecule has 0 unspecified atom stereocenters. The largest absolute Gasteiger partial charge is 0.321 e.